The van der Waals surface area contributed by atoms with Gasteiger partial charge in [-0.3, -0.25) is 0 Å². The molecule has 0 fully saturated rings. The van der Waals surface area contributed by atoms with Crippen LogP contribution in [0.2, 0.25) is 5.02 Å². The van der Waals surface area contributed by atoms with E-state index in [0.29, 0.717) is 6.04 Å². The Kier molecular flexibility index (Phi) is 4.53. The van der Waals surface area contributed by atoms with Crippen LogP contribution in [0.3, 0.4) is 0 Å². The van der Waals surface area contributed by atoms with Crippen LogP contribution in [0.1, 0.15) is 36.6 Å². The van der Waals surface area contributed by atoms with Crippen LogP contribution in [0, 0.1) is 0 Å². The second kappa shape index (κ2) is 6.39. The number of fused-ring (bicyclic) bond motifs is 1. The van der Waals surface area contributed by atoms with Crippen LogP contribution in [-0.2, 0) is 0 Å². The van der Waals surface area contributed by atoms with E-state index in [-0.39, 0.29) is 6.04 Å². The highest BCUT2D eigenvalue weighted by Crippen LogP contribution is 2.35. The van der Waals surface area contributed by atoms with Crippen LogP contribution in [0.15, 0.2) is 46.9 Å². The van der Waals surface area contributed by atoms with Gasteiger partial charge in [-0.05, 0) is 42.8 Å². The number of nitrogens with one attached hydrogen (secondary N) is 1. The van der Waals surface area contributed by atoms with Crippen molar-refractivity contribution in [3.8, 4) is 5.75 Å². The molecule has 21 heavy (non-hydrogen) atoms. The van der Waals surface area contributed by atoms with E-state index in [1.807, 2.05) is 30.3 Å². The monoisotopic (exact) mass is 365 g/mol. The maximum absolute atomic E-state index is 6.08. The molecule has 2 aromatic carbocycles. The third-order valence-corrected chi connectivity index (χ3v) is 4.54. The van der Waals surface area contributed by atoms with Gasteiger partial charge in [-0.15, -0.1) is 0 Å². The molecule has 1 aliphatic rings. The van der Waals surface area contributed by atoms with Gasteiger partial charge < -0.3 is 10.1 Å². The van der Waals surface area contributed by atoms with Crippen molar-refractivity contribution in [3.05, 3.63) is 63.1 Å². The summed E-state index contributed by atoms with van der Waals surface area (Å²) in [6, 6.07) is 14.7. The van der Waals surface area contributed by atoms with Gasteiger partial charge in [0.15, 0.2) is 0 Å². The molecule has 0 amide bonds. The fourth-order valence-corrected chi connectivity index (χ4v) is 3.29. The number of halogens is 2. The molecule has 0 bridgehead atoms. The van der Waals surface area contributed by atoms with Crippen molar-refractivity contribution in [2.75, 3.05) is 6.61 Å². The summed E-state index contributed by atoms with van der Waals surface area (Å²) >= 11 is 9.62. The average Bonchev–Trinajstić information content (AvgIpc) is 2.48. The van der Waals surface area contributed by atoms with E-state index in [1.165, 1.54) is 11.1 Å². The fourth-order valence-electron chi connectivity index (χ4n) is 2.71. The molecule has 1 N–H and O–H groups in total. The molecule has 0 radical (unpaired) electrons. The topological polar surface area (TPSA) is 21.3 Å². The Balaban J connectivity index is 1.81. The molecule has 0 aromatic heterocycles. The fraction of sp³-hybridized carbons (Fsp3) is 0.294. The smallest absolute Gasteiger partial charge is 0.124 e. The zero-order valence-corrected chi connectivity index (χ0v) is 14.1. The van der Waals surface area contributed by atoms with Crippen LogP contribution in [-0.4, -0.2) is 6.61 Å². The molecule has 3 rings (SSSR count). The molecule has 1 heterocycles. The zero-order valence-electron chi connectivity index (χ0n) is 11.8. The summed E-state index contributed by atoms with van der Waals surface area (Å²) in [5.74, 6) is 0.972. The van der Waals surface area contributed by atoms with Gasteiger partial charge in [0.25, 0.3) is 0 Å². The molecule has 0 aliphatic carbocycles. The highest BCUT2D eigenvalue weighted by atomic mass is 79.9. The van der Waals surface area contributed by atoms with Crippen molar-refractivity contribution >= 4 is 27.5 Å². The Hall–Kier alpha value is -1.03. The van der Waals surface area contributed by atoms with E-state index in [9.17, 15) is 0 Å². The Labute approximate surface area is 138 Å². The van der Waals surface area contributed by atoms with Crippen molar-refractivity contribution < 1.29 is 4.74 Å². The molecule has 1 unspecified atom stereocenters. The first-order valence-corrected chi connectivity index (χ1v) is 8.24. The number of hydrogen-bond donors (Lipinski definition) is 1. The van der Waals surface area contributed by atoms with E-state index in [4.69, 9.17) is 16.3 Å². The minimum absolute atomic E-state index is 0.235. The van der Waals surface area contributed by atoms with E-state index in [1.54, 1.807) is 0 Å². The van der Waals surface area contributed by atoms with E-state index < -0.39 is 0 Å². The normalized spacial score (nSPS) is 18.7. The van der Waals surface area contributed by atoms with E-state index in [2.05, 4.69) is 40.3 Å². The Morgan fingerprint density at radius 1 is 1.29 bits per heavy atom. The third-order valence-electron chi connectivity index (χ3n) is 3.81. The van der Waals surface area contributed by atoms with Gasteiger partial charge in [-0.1, -0.05) is 39.7 Å². The molecule has 110 valence electrons. The Morgan fingerprint density at radius 2 is 2.14 bits per heavy atom. The highest BCUT2D eigenvalue weighted by molar-refractivity contribution is 9.10. The van der Waals surface area contributed by atoms with Crippen molar-refractivity contribution in [3.63, 3.8) is 0 Å². The van der Waals surface area contributed by atoms with Crippen LogP contribution < -0.4 is 10.1 Å². The van der Waals surface area contributed by atoms with Gasteiger partial charge in [0, 0.05) is 33.6 Å². The molecule has 2 atom stereocenters. The summed E-state index contributed by atoms with van der Waals surface area (Å²) in [5, 5.41) is 4.46. The minimum atomic E-state index is 0.235. The van der Waals surface area contributed by atoms with Crippen LogP contribution in [0.4, 0.5) is 0 Å². The molecule has 2 nitrogen and oxygen atoms in total. The zero-order chi connectivity index (χ0) is 14.8. The third kappa shape index (κ3) is 3.42. The Bertz CT molecular complexity index is 646. The molecular weight excluding hydrogens is 350 g/mol. The summed E-state index contributed by atoms with van der Waals surface area (Å²) < 4.78 is 6.81. The molecule has 4 heteroatoms. The maximum atomic E-state index is 6.08. The summed E-state index contributed by atoms with van der Waals surface area (Å²) in [5.41, 5.74) is 2.41. The summed E-state index contributed by atoms with van der Waals surface area (Å²) in [4.78, 5) is 0. The molecular formula is C17H17BrClNO. The lowest BCUT2D eigenvalue weighted by Gasteiger charge is -2.29. The summed E-state index contributed by atoms with van der Waals surface area (Å²) in [7, 11) is 0. The van der Waals surface area contributed by atoms with Crippen molar-refractivity contribution in [1.29, 1.82) is 0 Å². The molecule has 0 saturated heterocycles. The van der Waals surface area contributed by atoms with Crippen molar-refractivity contribution in [1.82, 2.24) is 5.32 Å². The predicted octanol–water partition coefficient (Wildman–Crippen LogP) is 5.28. The first-order chi connectivity index (χ1) is 10.1. The minimum Gasteiger partial charge on any atom is -0.493 e. The number of ether oxygens (including phenoxy) is 1. The molecule has 0 spiro atoms. The first-order valence-electron chi connectivity index (χ1n) is 7.07. The quantitative estimate of drug-likeness (QED) is 0.798. The van der Waals surface area contributed by atoms with Gasteiger partial charge in [0.2, 0.25) is 0 Å². The SMILES string of the molecule is C[C@@H](NC1CCOc2ccc(Br)cc21)c1cccc(Cl)c1. The standard InChI is InChI=1S/C17H17BrClNO/c1-11(12-3-2-4-14(19)9-12)20-16-7-8-21-17-6-5-13(18)10-15(16)17/h2-6,9-11,16,20H,7-8H2,1H3/t11-,16?/m1/s1. The largest absolute Gasteiger partial charge is 0.493 e. The number of benzene rings is 2. The predicted molar refractivity (Wildman–Crippen MR) is 90.0 cm³/mol. The van der Waals surface area contributed by atoms with Gasteiger partial charge in [-0.2, -0.15) is 0 Å². The molecule has 0 saturated carbocycles. The second-order valence-electron chi connectivity index (χ2n) is 5.32. The second-order valence-corrected chi connectivity index (χ2v) is 6.67. The summed E-state index contributed by atoms with van der Waals surface area (Å²) in [6.45, 7) is 2.91. The van der Waals surface area contributed by atoms with E-state index >= 15 is 0 Å². The lowest BCUT2D eigenvalue weighted by Crippen LogP contribution is -2.29. The summed E-state index contributed by atoms with van der Waals surface area (Å²) in [6.07, 6.45) is 0.967. The lowest BCUT2D eigenvalue weighted by molar-refractivity contribution is 0.246. The average molecular weight is 367 g/mol. The van der Waals surface area contributed by atoms with Crippen LogP contribution in [0.25, 0.3) is 0 Å². The van der Waals surface area contributed by atoms with Crippen LogP contribution >= 0.6 is 27.5 Å². The van der Waals surface area contributed by atoms with Gasteiger partial charge in [-0.25, -0.2) is 0 Å². The van der Waals surface area contributed by atoms with Crippen molar-refractivity contribution in [2.45, 2.75) is 25.4 Å². The Morgan fingerprint density at radius 3 is 2.95 bits per heavy atom. The first kappa shape index (κ1) is 14.9. The van der Waals surface area contributed by atoms with Gasteiger partial charge in [0.05, 0.1) is 6.61 Å². The van der Waals surface area contributed by atoms with Crippen molar-refractivity contribution in [2.24, 2.45) is 0 Å². The van der Waals surface area contributed by atoms with E-state index in [0.717, 1.165) is 28.3 Å². The number of rotatable bonds is 3. The van der Waals surface area contributed by atoms with Gasteiger partial charge in [0.1, 0.15) is 5.75 Å². The molecule has 1 aliphatic heterocycles. The van der Waals surface area contributed by atoms with Crippen LogP contribution in [0.5, 0.6) is 5.75 Å². The van der Waals surface area contributed by atoms with Gasteiger partial charge >= 0.3 is 0 Å². The lowest BCUT2D eigenvalue weighted by atomic mass is 9.98. The molecule has 2 aromatic rings. The highest BCUT2D eigenvalue weighted by Gasteiger charge is 2.23. The maximum Gasteiger partial charge on any atom is 0.124 e. The number of hydrogen-bond acceptors (Lipinski definition) is 2.